The highest BCUT2D eigenvalue weighted by molar-refractivity contribution is 5.88. The third kappa shape index (κ3) is 6.60. The SMILES string of the molecule is CC(NC(=O)C1(c2ccccc2)CCC(N2CCC(C)(O)CC2)CC1)c1cc(C(F)(F)F)cc(C(F)(F)F)c1. The van der Waals surface area contributed by atoms with Crippen LogP contribution in [0.15, 0.2) is 48.5 Å². The molecule has 2 aromatic rings. The van der Waals surface area contributed by atoms with Gasteiger partial charge >= 0.3 is 12.4 Å². The maximum Gasteiger partial charge on any atom is 0.416 e. The van der Waals surface area contributed by atoms with E-state index in [0.717, 1.165) is 18.7 Å². The number of piperidine rings is 1. The lowest BCUT2D eigenvalue weighted by Gasteiger charge is -2.46. The molecule has 10 heteroatoms. The lowest BCUT2D eigenvalue weighted by atomic mass is 9.67. The number of alkyl halides is 6. The van der Waals surface area contributed by atoms with Crippen molar-refractivity contribution in [3.05, 3.63) is 70.8 Å². The number of halogens is 6. The Morgan fingerprint density at radius 2 is 1.44 bits per heavy atom. The topological polar surface area (TPSA) is 52.6 Å². The molecule has 1 saturated heterocycles. The van der Waals surface area contributed by atoms with Gasteiger partial charge in [-0.15, -0.1) is 0 Å². The maximum absolute atomic E-state index is 13.8. The predicted octanol–water partition coefficient (Wildman–Crippen LogP) is 6.63. The van der Waals surface area contributed by atoms with Crippen molar-refractivity contribution >= 4 is 5.91 Å². The molecule has 2 fully saturated rings. The Morgan fingerprint density at radius 3 is 1.92 bits per heavy atom. The highest BCUT2D eigenvalue weighted by atomic mass is 19.4. The van der Waals surface area contributed by atoms with Gasteiger partial charge in [0.05, 0.1) is 28.2 Å². The normalized spacial score (nSPS) is 25.2. The van der Waals surface area contributed by atoms with Crippen molar-refractivity contribution in [3.63, 3.8) is 0 Å². The fourth-order valence-corrected chi connectivity index (χ4v) is 5.88. The molecule has 1 atom stereocenters. The van der Waals surface area contributed by atoms with Gasteiger partial charge in [0.1, 0.15) is 0 Å². The number of nitrogens with one attached hydrogen (secondary N) is 1. The molecule has 4 nitrogen and oxygen atoms in total. The Hall–Kier alpha value is -2.59. The van der Waals surface area contributed by atoms with Gasteiger partial charge in [-0.05, 0) is 81.7 Å². The molecule has 2 N–H and O–H groups in total. The van der Waals surface area contributed by atoms with Gasteiger partial charge < -0.3 is 15.3 Å². The number of amides is 1. The second-order valence-corrected chi connectivity index (χ2v) is 11.2. The van der Waals surface area contributed by atoms with Crippen molar-refractivity contribution in [3.8, 4) is 0 Å². The van der Waals surface area contributed by atoms with Gasteiger partial charge in [0, 0.05) is 19.1 Å². The van der Waals surface area contributed by atoms with Crippen molar-refractivity contribution < 1.29 is 36.2 Å². The second kappa shape index (κ2) is 10.8. The zero-order valence-corrected chi connectivity index (χ0v) is 22.0. The average molecular weight is 557 g/mol. The summed E-state index contributed by atoms with van der Waals surface area (Å²) in [6.45, 7) is 4.75. The van der Waals surface area contributed by atoms with Crippen LogP contribution >= 0.6 is 0 Å². The van der Waals surface area contributed by atoms with E-state index in [9.17, 15) is 36.2 Å². The molecule has 4 rings (SSSR count). The van der Waals surface area contributed by atoms with Crippen molar-refractivity contribution in [2.45, 2.75) is 87.8 Å². The summed E-state index contributed by atoms with van der Waals surface area (Å²) >= 11 is 0. The smallest absolute Gasteiger partial charge is 0.390 e. The van der Waals surface area contributed by atoms with Gasteiger partial charge in [0.15, 0.2) is 0 Å². The van der Waals surface area contributed by atoms with Crippen molar-refractivity contribution in [1.82, 2.24) is 10.2 Å². The third-order valence-electron chi connectivity index (χ3n) is 8.42. The summed E-state index contributed by atoms with van der Waals surface area (Å²) < 4.78 is 80.4. The van der Waals surface area contributed by atoms with E-state index in [1.165, 1.54) is 6.92 Å². The minimum Gasteiger partial charge on any atom is -0.390 e. The second-order valence-electron chi connectivity index (χ2n) is 11.2. The monoisotopic (exact) mass is 556 g/mol. The minimum atomic E-state index is -4.97. The van der Waals surface area contributed by atoms with Crippen LogP contribution in [0, 0.1) is 0 Å². The number of aliphatic hydroxyl groups is 1. The van der Waals surface area contributed by atoms with Crippen molar-refractivity contribution in [1.29, 1.82) is 0 Å². The van der Waals surface area contributed by atoms with Crippen LogP contribution in [0.1, 0.15) is 80.7 Å². The van der Waals surface area contributed by atoms with Crippen LogP contribution in [0.4, 0.5) is 26.3 Å². The van der Waals surface area contributed by atoms with Crippen LogP contribution in [0.2, 0.25) is 0 Å². The first kappa shape index (κ1) is 29.4. The number of carbonyl (C=O) groups excluding carboxylic acids is 1. The number of rotatable bonds is 5. The number of hydrogen-bond acceptors (Lipinski definition) is 3. The summed E-state index contributed by atoms with van der Waals surface area (Å²) in [5.74, 6) is -0.410. The molecule has 2 aromatic carbocycles. The zero-order chi connectivity index (χ0) is 28.6. The van der Waals surface area contributed by atoms with E-state index in [-0.39, 0.29) is 17.7 Å². The van der Waals surface area contributed by atoms with Crippen molar-refractivity contribution in [2.24, 2.45) is 0 Å². The number of nitrogens with zero attached hydrogens (tertiary/aromatic N) is 1. The van der Waals surface area contributed by atoms with Crippen molar-refractivity contribution in [2.75, 3.05) is 13.1 Å². The first-order chi connectivity index (χ1) is 18.1. The summed E-state index contributed by atoms with van der Waals surface area (Å²) in [6, 6.07) is 9.71. The molecule has 1 amide bonds. The number of hydrogen-bond donors (Lipinski definition) is 2. The molecule has 0 spiro atoms. The Balaban J connectivity index is 1.57. The Kier molecular flexibility index (Phi) is 8.11. The molecular weight excluding hydrogens is 522 g/mol. The lowest BCUT2D eigenvalue weighted by molar-refractivity contribution is -0.143. The standard InChI is InChI=1S/C29H34F6N2O2/c1-19(20-16-22(28(30,31)32)18-23(17-20)29(33,34)35)36-25(38)27(21-6-4-3-5-7-21)10-8-24(9-11-27)37-14-12-26(2,39)13-15-37/h3-7,16-19,24,39H,8-15H2,1-2H3,(H,36,38). The predicted molar refractivity (Wildman–Crippen MR) is 135 cm³/mol. The number of carbonyl (C=O) groups is 1. The molecule has 1 saturated carbocycles. The third-order valence-corrected chi connectivity index (χ3v) is 8.42. The van der Waals surface area contributed by atoms with Crippen LogP contribution in [0.5, 0.6) is 0 Å². The molecule has 1 aliphatic carbocycles. The van der Waals surface area contributed by atoms with Gasteiger partial charge in [-0.25, -0.2) is 0 Å². The largest absolute Gasteiger partial charge is 0.416 e. The molecule has 39 heavy (non-hydrogen) atoms. The van der Waals surface area contributed by atoms with E-state index in [1.807, 2.05) is 37.3 Å². The Bertz CT molecular complexity index is 1110. The van der Waals surface area contributed by atoms with Crippen LogP contribution in [-0.2, 0) is 22.6 Å². The highest BCUT2D eigenvalue weighted by Gasteiger charge is 2.45. The fraction of sp³-hybridized carbons (Fsp3) is 0.552. The molecule has 0 bridgehead atoms. The van der Waals surface area contributed by atoms with Crippen LogP contribution in [-0.4, -0.2) is 40.6 Å². The lowest BCUT2D eigenvalue weighted by Crippen LogP contribution is -2.52. The summed E-state index contributed by atoms with van der Waals surface area (Å²) in [4.78, 5) is 16.2. The van der Waals surface area contributed by atoms with Gasteiger partial charge in [-0.1, -0.05) is 30.3 Å². The molecule has 0 radical (unpaired) electrons. The van der Waals surface area contributed by atoms with E-state index in [0.29, 0.717) is 50.7 Å². The van der Waals surface area contributed by atoms with Crippen LogP contribution in [0.25, 0.3) is 0 Å². The minimum absolute atomic E-state index is 0.0880. The first-order valence-electron chi connectivity index (χ1n) is 13.2. The highest BCUT2D eigenvalue weighted by Crippen LogP contribution is 2.43. The summed E-state index contributed by atoms with van der Waals surface area (Å²) in [5.41, 5.74) is -3.94. The van der Waals surface area contributed by atoms with Gasteiger partial charge in [0.2, 0.25) is 5.91 Å². The van der Waals surface area contributed by atoms with Crippen LogP contribution < -0.4 is 5.32 Å². The zero-order valence-electron chi connectivity index (χ0n) is 22.0. The van der Waals surface area contributed by atoms with Gasteiger partial charge in [-0.2, -0.15) is 26.3 Å². The molecule has 1 heterocycles. The molecule has 1 unspecified atom stereocenters. The fourth-order valence-electron chi connectivity index (χ4n) is 5.88. The van der Waals surface area contributed by atoms with E-state index >= 15 is 0 Å². The Morgan fingerprint density at radius 1 is 0.923 bits per heavy atom. The molecule has 2 aliphatic rings. The molecule has 214 valence electrons. The first-order valence-corrected chi connectivity index (χ1v) is 13.2. The number of likely N-dealkylation sites (tertiary alicyclic amines) is 1. The summed E-state index contributed by atoms with van der Waals surface area (Å²) in [7, 11) is 0. The number of benzene rings is 2. The Labute approximate surface area is 224 Å². The van der Waals surface area contributed by atoms with E-state index in [1.54, 1.807) is 0 Å². The molecule has 1 aliphatic heterocycles. The molecular formula is C29H34F6N2O2. The maximum atomic E-state index is 13.8. The van der Waals surface area contributed by atoms with Crippen LogP contribution in [0.3, 0.4) is 0 Å². The quantitative estimate of drug-likeness (QED) is 0.407. The van der Waals surface area contributed by atoms with E-state index < -0.39 is 46.4 Å². The van der Waals surface area contributed by atoms with E-state index in [2.05, 4.69) is 10.2 Å². The summed E-state index contributed by atoms with van der Waals surface area (Å²) in [6.07, 6.45) is -6.20. The van der Waals surface area contributed by atoms with Gasteiger partial charge in [-0.3, -0.25) is 4.79 Å². The molecule has 0 aromatic heterocycles. The summed E-state index contributed by atoms with van der Waals surface area (Å²) in [5, 5.41) is 13.0. The average Bonchev–Trinajstić information content (AvgIpc) is 2.88. The van der Waals surface area contributed by atoms with E-state index in [4.69, 9.17) is 0 Å². The van der Waals surface area contributed by atoms with Gasteiger partial charge in [0.25, 0.3) is 0 Å².